The van der Waals surface area contributed by atoms with Crippen molar-refractivity contribution < 1.29 is 4.79 Å². The Morgan fingerprint density at radius 2 is 2.00 bits per heavy atom. The Balaban J connectivity index is 1.89. The summed E-state index contributed by atoms with van der Waals surface area (Å²) in [5.74, 6) is 0.221. The van der Waals surface area contributed by atoms with Crippen molar-refractivity contribution in [1.82, 2.24) is 5.32 Å². The first-order valence-electron chi connectivity index (χ1n) is 4.97. The second-order valence-corrected chi connectivity index (χ2v) is 3.94. The van der Waals surface area contributed by atoms with Crippen molar-refractivity contribution >= 4 is 11.6 Å². The van der Waals surface area contributed by atoms with Gasteiger partial charge in [0.25, 0.3) is 0 Å². The average molecular weight is 188 g/mol. The van der Waals surface area contributed by atoms with Gasteiger partial charge >= 0.3 is 0 Å². The van der Waals surface area contributed by atoms with Crippen molar-refractivity contribution in [1.29, 1.82) is 0 Å². The van der Waals surface area contributed by atoms with Gasteiger partial charge in [-0.1, -0.05) is 18.2 Å². The van der Waals surface area contributed by atoms with E-state index < -0.39 is 0 Å². The first kappa shape index (κ1) is 8.00. The molecule has 3 nitrogen and oxygen atoms in total. The van der Waals surface area contributed by atoms with Crippen molar-refractivity contribution in [2.45, 2.75) is 18.5 Å². The average Bonchev–Trinajstić information content (AvgIpc) is 2.17. The molecule has 1 N–H and O–H groups in total. The molecular weight excluding hydrogens is 176 g/mol. The van der Waals surface area contributed by atoms with Crippen molar-refractivity contribution in [3.63, 3.8) is 0 Å². The minimum absolute atomic E-state index is 0.0777. The van der Waals surface area contributed by atoms with Gasteiger partial charge < -0.3 is 10.2 Å². The molecule has 0 aliphatic carbocycles. The van der Waals surface area contributed by atoms with Crippen LogP contribution in [-0.4, -0.2) is 24.5 Å². The minimum atomic E-state index is 0.0777. The third-order valence-electron chi connectivity index (χ3n) is 2.99. The number of hydrogen-bond acceptors (Lipinski definition) is 2. The van der Waals surface area contributed by atoms with Gasteiger partial charge in [-0.05, 0) is 18.6 Å². The maximum atomic E-state index is 11.8. The summed E-state index contributed by atoms with van der Waals surface area (Å²) < 4.78 is 0. The maximum Gasteiger partial charge on any atom is 0.244 e. The van der Waals surface area contributed by atoms with E-state index in [1.54, 1.807) is 0 Å². The third-order valence-corrected chi connectivity index (χ3v) is 2.99. The number of benzene rings is 1. The molecule has 14 heavy (non-hydrogen) atoms. The molecule has 3 heterocycles. The number of amides is 1. The molecule has 3 aliphatic heterocycles. The number of piperidine rings is 1. The van der Waals surface area contributed by atoms with Gasteiger partial charge in [0.1, 0.15) is 0 Å². The predicted octanol–water partition coefficient (Wildman–Crippen LogP) is 0.764. The number of fused-ring (bicyclic) bond motifs is 2. The van der Waals surface area contributed by atoms with E-state index in [-0.39, 0.29) is 11.9 Å². The van der Waals surface area contributed by atoms with E-state index in [2.05, 4.69) is 5.32 Å². The molecule has 2 atom stereocenters. The molecule has 4 rings (SSSR count). The molecule has 0 radical (unpaired) electrons. The standard InChI is InChI=1S/C11H12N2O/c14-11-10-6-8(12-10)7-13(11)9-4-2-1-3-5-9/h1-5,8,10,12H,6-7H2. The smallest absolute Gasteiger partial charge is 0.244 e. The summed E-state index contributed by atoms with van der Waals surface area (Å²) in [5.41, 5.74) is 1.02. The Bertz CT molecular complexity index is 357. The molecule has 3 heteroatoms. The predicted molar refractivity (Wildman–Crippen MR) is 54.1 cm³/mol. The zero-order valence-electron chi connectivity index (χ0n) is 7.81. The van der Waals surface area contributed by atoms with E-state index in [0.29, 0.717) is 6.04 Å². The summed E-state index contributed by atoms with van der Waals surface area (Å²) in [6.07, 6.45) is 1.02. The summed E-state index contributed by atoms with van der Waals surface area (Å²) in [4.78, 5) is 13.7. The molecule has 0 saturated carbocycles. The van der Waals surface area contributed by atoms with E-state index in [0.717, 1.165) is 18.7 Å². The monoisotopic (exact) mass is 188 g/mol. The lowest BCUT2D eigenvalue weighted by Gasteiger charge is -2.47. The van der Waals surface area contributed by atoms with Gasteiger partial charge in [0.15, 0.2) is 0 Å². The highest BCUT2D eigenvalue weighted by molar-refractivity contribution is 5.99. The van der Waals surface area contributed by atoms with Crippen LogP contribution in [0.5, 0.6) is 0 Å². The molecule has 0 aromatic heterocycles. The van der Waals surface area contributed by atoms with Crippen LogP contribution in [0, 0.1) is 0 Å². The Kier molecular flexibility index (Phi) is 1.61. The number of carbonyl (C=O) groups is 1. The van der Waals surface area contributed by atoms with E-state index in [1.807, 2.05) is 35.2 Å². The molecule has 2 unspecified atom stereocenters. The number of anilines is 1. The van der Waals surface area contributed by atoms with Crippen LogP contribution < -0.4 is 10.2 Å². The highest BCUT2D eigenvalue weighted by Gasteiger charge is 2.43. The summed E-state index contributed by atoms with van der Waals surface area (Å²) >= 11 is 0. The van der Waals surface area contributed by atoms with Crippen LogP contribution >= 0.6 is 0 Å². The number of nitrogens with one attached hydrogen (secondary N) is 1. The topological polar surface area (TPSA) is 32.3 Å². The number of nitrogens with zero attached hydrogens (tertiary/aromatic N) is 1. The van der Waals surface area contributed by atoms with Crippen LogP contribution in [0.15, 0.2) is 30.3 Å². The second kappa shape index (κ2) is 2.82. The Morgan fingerprint density at radius 1 is 1.29 bits per heavy atom. The number of para-hydroxylation sites is 1. The van der Waals surface area contributed by atoms with Crippen LogP contribution in [0.25, 0.3) is 0 Å². The zero-order chi connectivity index (χ0) is 9.54. The van der Waals surface area contributed by atoms with Crippen molar-refractivity contribution in [3.05, 3.63) is 30.3 Å². The molecule has 1 aromatic rings. The summed E-state index contributed by atoms with van der Waals surface area (Å²) in [6.45, 7) is 0.819. The van der Waals surface area contributed by atoms with E-state index >= 15 is 0 Å². The highest BCUT2D eigenvalue weighted by atomic mass is 16.2. The fourth-order valence-corrected chi connectivity index (χ4v) is 2.18. The van der Waals surface area contributed by atoms with Gasteiger partial charge in [0.2, 0.25) is 5.91 Å². The number of piperazine rings is 1. The van der Waals surface area contributed by atoms with E-state index in [1.165, 1.54) is 0 Å². The molecule has 2 bridgehead atoms. The lowest BCUT2D eigenvalue weighted by molar-refractivity contribution is -0.125. The quantitative estimate of drug-likeness (QED) is 0.705. The normalized spacial score (nSPS) is 30.0. The summed E-state index contributed by atoms with van der Waals surface area (Å²) in [7, 11) is 0. The van der Waals surface area contributed by atoms with Gasteiger partial charge in [0.05, 0.1) is 6.04 Å². The van der Waals surface area contributed by atoms with Crippen LogP contribution in [0.3, 0.4) is 0 Å². The SMILES string of the molecule is O=C1C2CC(CN1c1ccccc1)N2. The van der Waals surface area contributed by atoms with Gasteiger partial charge in [-0.2, -0.15) is 0 Å². The number of hydrogen-bond donors (Lipinski definition) is 1. The molecule has 0 spiro atoms. The molecule has 1 amide bonds. The molecule has 3 saturated heterocycles. The van der Waals surface area contributed by atoms with Gasteiger partial charge in [-0.25, -0.2) is 0 Å². The molecule has 1 aromatic carbocycles. The van der Waals surface area contributed by atoms with Gasteiger partial charge in [-0.15, -0.1) is 0 Å². The third kappa shape index (κ3) is 1.06. The summed E-state index contributed by atoms with van der Waals surface area (Å²) in [5, 5.41) is 3.24. The lowest BCUT2D eigenvalue weighted by atomic mass is 9.90. The minimum Gasteiger partial charge on any atom is -0.310 e. The van der Waals surface area contributed by atoms with Crippen LogP contribution in [0.2, 0.25) is 0 Å². The van der Waals surface area contributed by atoms with Crippen molar-refractivity contribution in [2.75, 3.05) is 11.4 Å². The first-order chi connectivity index (χ1) is 6.84. The maximum absolute atomic E-state index is 11.8. The number of carbonyl (C=O) groups excluding carboxylic acids is 1. The highest BCUT2D eigenvalue weighted by Crippen LogP contribution is 2.26. The Labute approximate surface area is 82.7 Å². The molecular formula is C11H12N2O. The fraction of sp³-hybridized carbons (Fsp3) is 0.364. The van der Waals surface area contributed by atoms with Crippen LogP contribution in [-0.2, 0) is 4.79 Å². The van der Waals surface area contributed by atoms with Crippen molar-refractivity contribution in [2.24, 2.45) is 0 Å². The van der Waals surface area contributed by atoms with Crippen LogP contribution in [0.1, 0.15) is 6.42 Å². The molecule has 3 aliphatic rings. The zero-order valence-corrected chi connectivity index (χ0v) is 7.81. The fourth-order valence-electron chi connectivity index (χ4n) is 2.18. The Morgan fingerprint density at radius 3 is 2.64 bits per heavy atom. The van der Waals surface area contributed by atoms with Gasteiger partial charge in [-0.3, -0.25) is 4.79 Å². The van der Waals surface area contributed by atoms with E-state index in [9.17, 15) is 4.79 Å². The number of rotatable bonds is 1. The lowest BCUT2D eigenvalue weighted by Crippen LogP contribution is -2.70. The van der Waals surface area contributed by atoms with Crippen molar-refractivity contribution in [3.8, 4) is 0 Å². The molecule has 72 valence electrons. The van der Waals surface area contributed by atoms with Crippen LogP contribution in [0.4, 0.5) is 5.69 Å². The van der Waals surface area contributed by atoms with Gasteiger partial charge in [0, 0.05) is 18.3 Å². The first-order valence-corrected chi connectivity index (χ1v) is 4.97. The second-order valence-electron chi connectivity index (χ2n) is 3.94. The largest absolute Gasteiger partial charge is 0.310 e. The molecule has 3 fully saturated rings. The summed E-state index contributed by atoms with van der Waals surface area (Å²) in [6, 6.07) is 10.5. The Hall–Kier alpha value is -1.35. The van der Waals surface area contributed by atoms with E-state index in [4.69, 9.17) is 0 Å².